The number of dihydropyridines is 1. The van der Waals surface area contributed by atoms with Crippen molar-refractivity contribution in [2.45, 2.75) is 25.1 Å². The van der Waals surface area contributed by atoms with Crippen molar-refractivity contribution < 1.29 is 4.79 Å². The molecule has 0 spiro atoms. The Bertz CT molecular complexity index is 253. The Morgan fingerprint density at radius 2 is 2.33 bits per heavy atom. The van der Waals surface area contributed by atoms with Gasteiger partial charge in [-0.05, 0) is 26.5 Å². The van der Waals surface area contributed by atoms with Crippen molar-refractivity contribution in [2.75, 3.05) is 0 Å². The second-order valence-electron chi connectivity index (χ2n) is 2.98. The van der Waals surface area contributed by atoms with Crippen molar-refractivity contribution in [1.29, 1.82) is 0 Å². The number of ketones is 1. The number of Topliss-reactive ketones (excluding diaryl/α,β-unsaturated/α-hetero) is 1. The highest BCUT2D eigenvalue weighted by molar-refractivity contribution is 9.10. The highest BCUT2D eigenvalue weighted by atomic mass is 79.9. The monoisotopic (exact) mass is 229 g/mol. The molecule has 0 aromatic carbocycles. The highest BCUT2D eigenvalue weighted by Gasteiger charge is 2.16. The molecular formula is C9H12BrNO. The van der Waals surface area contributed by atoms with Crippen LogP contribution in [0.25, 0.3) is 0 Å². The van der Waals surface area contributed by atoms with E-state index in [1.165, 1.54) is 5.57 Å². The highest BCUT2D eigenvalue weighted by Crippen LogP contribution is 2.17. The molecule has 0 bridgehead atoms. The Balaban J connectivity index is 2.66. The molecule has 0 amide bonds. The first-order valence-electron chi connectivity index (χ1n) is 3.90. The molecule has 2 nitrogen and oxygen atoms in total. The van der Waals surface area contributed by atoms with Crippen molar-refractivity contribution in [2.24, 2.45) is 0 Å². The van der Waals surface area contributed by atoms with Crippen molar-refractivity contribution >= 4 is 21.7 Å². The van der Waals surface area contributed by atoms with Gasteiger partial charge in [-0.25, -0.2) is 0 Å². The average Bonchev–Trinajstić information content (AvgIpc) is 2.03. The van der Waals surface area contributed by atoms with Crippen LogP contribution in [-0.4, -0.2) is 10.6 Å². The summed E-state index contributed by atoms with van der Waals surface area (Å²) in [5, 5.41) is 2.95. The van der Waals surface area contributed by atoms with Crippen LogP contribution < -0.4 is 5.32 Å². The second-order valence-corrected chi connectivity index (χ2v) is 4.36. The lowest BCUT2D eigenvalue weighted by atomic mass is 10.0. The van der Waals surface area contributed by atoms with Gasteiger partial charge in [0.25, 0.3) is 0 Å². The van der Waals surface area contributed by atoms with Crippen molar-refractivity contribution in [1.82, 2.24) is 5.32 Å². The number of halogens is 1. The van der Waals surface area contributed by atoms with E-state index in [9.17, 15) is 4.79 Å². The Labute approximate surface area is 80.9 Å². The fourth-order valence-corrected chi connectivity index (χ4v) is 1.39. The first-order chi connectivity index (χ1) is 5.61. The van der Waals surface area contributed by atoms with Gasteiger partial charge in [0.15, 0.2) is 5.78 Å². The third-order valence-corrected chi connectivity index (χ3v) is 2.15. The minimum atomic E-state index is -0.0866. The average molecular weight is 230 g/mol. The zero-order valence-corrected chi connectivity index (χ0v) is 8.81. The van der Waals surface area contributed by atoms with E-state index in [-0.39, 0.29) is 10.6 Å². The van der Waals surface area contributed by atoms with Crippen LogP contribution in [0, 0.1) is 0 Å². The molecule has 1 aliphatic rings. The van der Waals surface area contributed by atoms with Gasteiger partial charge in [0.1, 0.15) is 0 Å². The maximum Gasteiger partial charge on any atom is 0.173 e. The van der Waals surface area contributed by atoms with E-state index >= 15 is 0 Å². The number of hydrogen-bond donors (Lipinski definition) is 1. The maximum absolute atomic E-state index is 11.5. The van der Waals surface area contributed by atoms with Crippen LogP contribution in [-0.2, 0) is 4.79 Å². The molecular weight excluding hydrogens is 218 g/mol. The van der Waals surface area contributed by atoms with Gasteiger partial charge in [-0.15, -0.1) is 0 Å². The summed E-state index contributed by atoms with van der Waals surface area (Å²) in [5.74, 6) is 0.162. The molecule has 66 valence electrons. The van der Waals surface area contributed by atoms with Gasteiger partial charge in [-0.1, -0.05) is 21.5 Å². The minimum Gasteiger partial charge on any atom is -0.367 e. The molecule has 1 atom stereocenters. The predicted molar refractivity (Wildman–Crippen MR) is 53.0 cm³/mol. The van der Waals surface area contributed by atoms with Crippen molar-refractivity contribution in [3.05, 3.63) is 23.5 Å². The number of allylic oxidation sites excluding steroid dienone is 2. The molecule has 12 heavy (non-hydrogen) atoms. The summed E-state index contributed by atoms with van der Waals surface area (Å²) in [4.78, 5) is 11.4. The number of hydrogen-bond acceptors (Lipinski definition) is 2. The first kappa shape index (κ1) is 9.52. The second kappa shape index (κ2) is 3.90. The fourth-order valence-electron chi connectivity index (χ4n) is 1.10. The van der Waals surface area contributed by atoms with E-state index < -0.39 is 0 Å². The summed E-state index contributed by atoms with van der Waals surface area (Å²) in [6.45, 7) is 3.85. The lowest BCUT2D eigenvalue weighted by molar-refractivity contribution is -0.114. The van der Waals surface area contributed by atoms with Crippen molar-refractivity contribution in [3.8, 4) is 0 Å². The Morgan fingerprint density at radius 1 is 1.67 bits per heavy atom. The quantitative estimate of drug-likeness (QED) is 0.736. The lowest BCUT2D eigenvalue weighted by Crippen LogP contribution is -2.17. The number of carbonyl (C=O) groups excluding carboxylic acids is 1. The minimum absolute atomic E-state index is 0.0866. The molecule has 0 radical (unpaired) electrons. The summed E-state index contributed by atoms with van der Waals surface area (Å²) < 4.78 is 0. The fraction of sp³-hybridized carbons (Fsp3) is 0.444. The number of rotatable bonds is 2. The van der Waals surface area contributed by atoms with Crippen LogP contribution in [0.3, 0.4) is 0 Å². The number of carbonyl (C=O) groups is 1. The molecule has 1 rings (SSSR count). The third kappa shape index (κ3) is 2.21. The van der Waals surface area contributed by atoms with Gasteiger partial charge >= 0.3 is 0 Å². The smallest absolute Gasteiger partial charge is 0.173 e. The Morgan fingerprint density at radius 3 is 2.83 bits per heavy atom. The molecule has 0 saturated heterocycles. The summed E-state index contributed by atoms with van der Waals surface area (Å²) in [5.41, 5.74) is 2.04. The standard InChI is InChI=1S/C9H12BrNO/c1-6-3-8(5-11-4-6)9(12)7(2)10/h4-5,7,11H,3H2,1-2H3/t7-/m0/s1. The summed E-state index contributed by atoms with van der Waals surface area (Å²) >= 11 is 3.26. The molecule has 1 N–H and O–H groups in total. The van der Waals surface area contributed by atoms with Crippen LogP contribution in [0.15, 0.2) is 23.5 Å². The Hall–Kier alpha value is -0.570. The van der Waals surface area contributed by atoms with E-state index in [0.717, 1.165) is 12.0 Å². The van der Waals surface area contributed by atoms with E-state index in [1.54, 1.807) is 6.20 Å². The molecule has 0 aliphatic carbocycles. The van der Waals surface area contributed by atoms with Gasteiger partial charge in [0, 0.05) is 11.8 Å². The SMILES string of the molecule is CC1=CNC=C(C(=O)[C@H](C)Br)C1. The number of alkyl halides is 1. The predicted octanol–water partition coefficient (Wildman–Crippen LogP) is 2.12. The van der Waals surface area contributed by atoms with Gasteiger partial charge in [0.05, 0.1) is 4.83 Å². The van der Waals surface area contributed by atoms with Gasteiger partial charge < -0.3 is 5.32 Å². The van der Waals surface area contributed by atoms with E-state index in [4.69, 9.17) is 0 Å². The largest absolute Gasteiger partial charge is 0.367 e. The van der Waals surface area contributed by atoms with E-state index in [1.807, 2.05) is 20.0 Å². The van der Waals surface area contributed by atoms with Gasteiger partial charge in [-0.3, -0.25) is 4.79 Å². The summed E-state index contributed by atoms with van der Waals surface area (Å²) in [6, 6.07) is 0. The summed E-state index contributed by atoms with van der Waals surface area (Å²) in [7, 11) is 0. The molecule has 0 aromatic heterocycles. The van der Waals surface area contributed by atoms with Crippen LogP contribution >= 0.6 is 15.9 Å². The Kier molecular flexibility index (Phi) is 3.09. The molecule has 1 aliphatic heterocycles. The van der Waals surface area contributed by atoms with Gasteiger partial charge in [0.2, 0.25) is 0 Å². The first-order valence-corrected chi connectivity index (χ1v) is 4.82. The van der Waals surface area contributed by atoms with E-state index in [2.05, 4.69) is 21.2 Å². The van der Waals surface area contributed by atoms with Crippen LogP contribution in [0.2, 0.25) is 0 Å². The van der Waals surface area contributed by atoms with Gasteiger partial charge in [-0.2, -0.15) is 0 Å². The maximum atomic E-state index is 11.5. The van der Waals surface area contributed by atoms with Crippen LogP contribution in [0.1, 0.15) is 20.3 Å². The van der Waals surface area contributed by atoms with Crippen LogP contribution in [0.5, 0.6) is 0 Å². The lowest BCUT2D eigenvalue weighted by Gasteiger charge is -2.13. The third-order valence-electron chi connectivity index (χ3n) is 1.73. The molecule has 3 heteroatoms. The molecule has 1 heterocycles. The molecule has 0 unspecified atom stereocenters. The topological polar surface area (TPSA) is 29.1 Å². The molecule has 0 fully saturated rings. The summed E-state index contributed by atoms with van der Waals surface area (Å²) in [6.07, 6.45) is 4.45. The molecule has 0 saturated carbocycles. The normalized spacial score (nSPS) is 18.9. The zero-order chi connectivity index (χ0) is 9.14. The van der Waals surface area contributed by atoms with Crippen LogP contribution in [0.4, 0.5) is 0 Å². The zero-order valence-electron chi connectivity index (χ0n) is 7.23. The van der Waals surface area contributed by atoms with Crippen molar-refractivity contribution in [3.63, 3.8) is 0 Å². The number of nitrogens with one attached hydrogen (secondary N) is 1. The van der Waals surface area contributed by atoms with E-state index in [0.29, 0.717) is 0 Å². The molecule has 0 aromatic rings.